The number of amides is 3. The number of rotatable bonds is 5. The zero-order valence-corrected chi connectivity index (χ0v) is 14.1. The number of hydrogen-bond donors (Lipinski definition) is 2. The quantitative estimate of drug-likeness (QED) is 0.866. The first kappa shape index (κ1) is 18.0. The first-order valence-electron chi connectivity index (χ1n) is 7.17. The van der Waals surface area contributed by atoms with Gasteiger partial charge in [-0.2, -0.15) is 0 Å². The van der Waals surface area contributed by atoms with Crippen molar-refractivity contribution >= 4 is 11.9 Å². The van der Waals surface area contributed by atoms with Gasteiger partial charge < -0.3 is 10.1 Å². The smallest absolute Gasteiger partial charge is 0.321 e. The normalized spacial score (nSPS) is 12.0. The lowest BCUT2D eigenvalue weighted by molar-refractivity contribution is -0.124. The Kier molecular flexibility index (Phi) is 6.37. The second kappa shape index (κ2) is 7.79. The van der Waals surface area contributed by atoms with Crippen molar-refractivity contribution in [3.05, 3.63) is 28.8 Å². The lowest BCUT2D eigenvalue weighted by Crippen LogP contribution is -2.47. The Morgan fingerprint density at radius 2 is 1.82 bits per heavy atom. The summed E-state index contributed by atoms with van der Waals surface area (Å²) < 4.78 is 5.36. The summed E-state index contributed by atoms with van der Waals surface area (Å²) in [6.45, 7) is 6.36. The predicted octanol–water partition coefficient (Wildman–Crippen LogP) is 1.59. The van der Waals surface area contributed by atoms with Crippen molar-refractivity contribution in [2.75, 3.05) is 21.2 Å². The molecule has 0 aliphatic heterocycles. The highest BCUT2D eigenvalue weighted by Gasteiger charge is 2.20. The van der Waals surface area contributed by atoms with E-state index in [2.05, 4.69) is 10.6 Å². The standard InChI is InChI=1S/C16H25N3O3/c1-10-7-13(8-11(2)14(10)22-6)9-19(5)12(3)15(20)18-16(21)17-4/h7-8,12H,9H2,1-6H3,(H2,17,18,20,21)/t12-/m0/s1. The molecule has 0 fully saturated rings. The second-order valence-electron chi connectivity index (χ2n) is 5.42. The van der Waals surface area contributed by atoms with Crippen molar-refractivity contribution in [3.63, 3.8) is 0 Å². The average molecular weight is 307 g/mol. The van der Waals surface area contributed by atoms with Gasteiger partial charge >= 0.3 is 6.03 Å². The van der Waals surface area contributed by atoms with Crippen molar-refractivity contribution in [1.82, 2.24) is 15.5 Å². The van der Waals surface area contributed by atoms with Gasteiger partial charge in [-0.15, -0.1) is 0 Å². The van der Waals surface area contributed by atoms with Gasteiger partial charge in [-0.05, 0) is 44.5 Å². The van der Waals surface area contributed by atoms with Gasteiger partial charge in [0.05, 0.1) is 13.2 Å². The fourth-order valence-electron chi connectivity index (χ4n) is 2.36. The van der Waals surface area contributed by atoms with Crippen molar-refractivity contribution in [3.8, 4) is 5.75 Å². The molecule has 0 spiro atoms. The largest absolute Gasteiger partial charge is 0.496 e. The number of benzene rings is 1. The maximum absolute atomic E-state index is 11.9. The van der Waals surface area contributed by atoms with Gasteiger partial charge in [-0.3, -0.25) is 15.0 Å². The lowest BCUT2D eigenvalue weighted by atomic mass is 10.0. The van der Waals surface area contributed by atoms with E-state index in [9.17, 15) is 9.59 Å². The van der Waals surface area contributed by atoms with E-state index < -0.39 is 12.1 Å². The summed E-state index contributed by atoms with van der Waals surface area (Å²) in [4.78, 5) is 25.0. The molecule has 6 heteroatoms. The van der Waals surface area contributed by atoms with Crippen molar-refractivity contribution < 1.29 is 14.3 Å². The number of carbonyl (C=O) groups excluding carboxylic acids is 2. The molecule has 0 unspecified atom stereocenters. The van der Waals surface area contributed by atoms with Gasteiger partial charge in [0.2, 0.25) is 5.91 Å². The number of hydrogen-bond acceptors (Lipinski definition) is 4. The van der Waals surface area contributed by atoms with Crippen molar-refractivity contribution in [2.24, 2.45) is 0 Å². The molecule has 1 atom stereocenters. The summed E-state index contributed by atoms with van der Waals surface area (Å²) in [6, 6.07) is 3.18. The maximum atomic E-state index is 11.9. The Bertz CT molecular complexity index is 535. The number of ether oxygens (including phenoxy) is 1. The molecule has 3 amide bonds. The van der Waals surface area contributed by atoms with E-state index in [1.807, 2.05) is 37.9 Å². The first-order chi connectivity index (χ1) is 10.3. The molecule has 1 aromatic carbocycles. The molecule has 0 bridgehead atoms. The van der Waals surface area contributed by atoms with Crippen molar-refractivity contribution in [2.45, 2.75) is 33.4 Å². The summed E-state index contributed by atoms with van der Waals surface area (Å²) in [7, 11) is 4.98. The van der Waals surface area contributed by atoms with E-state index in [0.29, 0.717) is 6.54 Å². The molecular formula is C16H25N3O3. The molecular weight excluding hydrogens is 282 g/mol. The number of urea groups is 1. The van der Waals surface area contributed by atoms with Gasteiger partial charge in [0, 0.05) is 13.6 Å². The molecule has 0 saturated carbocycles. The highest BCUT2D eigenvalue weighted by molar-refractivity contribution is 5.96. The molecule has 0 saturated heterocycles. The minimum Gasteiger partial charge on any atom is -0.496 e. The molecule has 0 radical (unpaired) electrons. The van der Waals surface area contributed by atoms with Crippen LogP contribution in [0.25, 0.3) is 0 Å². The molecule has 2 N–H and O–H groups in total. The minimum atomic E-state index is -0.499. The van der Waals surface area contributed by atoms with Crippen LogP contribution in [0.5, 0.6) is 5.75 Å². The van der Waals surface area contributed by atoms with E-state index in [-0.39, 0.29) is 5.91 Å². The molecule has 6 nitrogen and oxygen atoms in total. The van der Waals surface area contributed by atoms with Crippen LogP contribution in [0.2, 0.25) is 0 Å². The summed E-state index contributed by atoms with van der Waals surface area (Å²) >= 11 is 0. The summed E-state index contributed by atoms with van der Waals surface area (Å²) in [5.74, 6) is 0.556. The van der Waals surface area contributed by atoms with Crippen LogP contribution in [-0.4, -0.2) is 44.1 Å². The molecule has 22 heavy (non-hydrogen) atoms. The summed E-state index contributed by atoms with van der Waals surface area (Å²) in [6.07, 6.45) is 0. The highest BCUT2D eigenvalue weighted by atomic mass is 16.5. The number of aryl methyl sites for hydroxylation is 2. The van der Waals surface area contributed by atoms with Crippen LogP contribution in [-0.2, 0) is 11.3 Å². The summed E-state index contributed by atoms with van der Waals surface area (Å²) in [5, 5.41) is 4.65. The Morgan fingerprint density at radius 3 is 2.27 bits per heavy atom. The average Bonchev–Trinajstić information content (AvgIpc) is 2.45. The molecule has 1 aromatic rings. The first-order valence-corrected chi connectivity index (χ1v) is 7.17. The Hall–Kier alpha value is -2.08. The molecule has 0 aliphatic rings. The molecule has 1 rings (SSSR count). The van der Waals surface area contributed by atoms with Crippen LogP contribution in [0, 0.1) is 13.8 Å². The topological polar surface area (TPSA) is 70.7 Å². The van der Waals surface area contributed by atoms with Crippen LogP contribution in [0.1, 0.15) is 23.6 Å². The third kappa shape index (κ3) is 4.46. The van der Waals surface area contributed by atoms with Gasteiger partial charge in [0.15, 0.2) is 0 Å². The molecule has 122 valence electrons. The second-order valence-corrected chi connectivity index (χ2v) is 5.42. The zero-order valence-electron chi connectivity index (χ0n) is 14.1. The number of methoxy groups -OCH3 is 1. The number of nitrogens with one attached hydrogen (secondary N) is 2. The fourth-order valence-corrected chi connectivity index (χ4v) is 2.36. The monoisotopic (exact) mass is 307 g/mol. The van der Waals surface area contributed by atoms with E-state index >= 15 is 0 Å². The summed E-state index contributed by atoms with van der Waals surface area (Å²) in [5.41, 5.74) is 3.22. The number of likely N-dealkylation sites (N-methyl/N-ethyl adjacent to an activating group) is 1. The maximum Gasteiger partial charge on any atom is 0.321 e. The van der Waals surface area contributed by atoms with Crippen molar-refractivity contribution in [1.29, 1.82) is 0 Å². The fraction of sp³-hybridized carbons (Fsp3) is 0.500. The lowest BCUT2D eigenvalue weighted by Gasteiger charge is -2.24. The van der Waals surface area contributed by atoms with Gasteiger partial charge in [-0.1, -0.05) is 12.1 Å². The molecule has 0 heterocycles. The minimum absolute atomic E-state index is 0.330. The predicted molar refractivity (Wildman–Crippen MR) is 86.0 cm³/mol. The van der Waals surface area contributed by atoms with E-state index in [1.165, 1.54) is 7.05 Å². The van der Waals surface area contributed by atoms with Gasteiger partial charge in [0.25, 0.3) is 0 Å². The Morgan fingerprint density at radius 1 is 1.27 bits per heavy atom. The Balaban J connectivity index is 2.78. The third-order valence-electron chi connectivity index (χ3n) is 3.66. The van der Waals surface area contributed by atoms with Gasteiger partial charge in [-0.25, -0.2) is 4.79 Å². The van der Waals surface area contributed by atoms with Crippen LogP contribution >= 0.6 is 0 Å². The van der Waals surface area contributed by atoms with Crippen LogP contribution < -0.4 is 15.4 Å². The van der Waals surface area contributed by atoms with E-state index in [1.54, 1.807) is 14.0 Å². The molecule has 0 aliphatic carbocycles. The molecule has 0 aromatic heterocycles. The zero-order chi connectivity index (χ0) is 16.9. The van der Waals surface area contributed by atoms with Crippen LogP contribution in [0.3, 0.4) is 0 Å². The highest BCUT2D eigenvalue weighted by Crippen LogP contribution is 2.25. The number of nitrogens with zero attached hydrogens (tertiary/aromatic N) is 1. The van der Waals surface area contributed by atoms with Crippen LogP contribution in [0.4, 0.5) is 4.79 Å². The van der Waals surface area contributed by atoms with E-state index in [4.69, 9.17) is 4.74 Å². The Labute approximate surface area is 131 Å². The number of carbonyl (C=O) groups is 2. The SMILES string of the molecule is CNC(=O)NC(=O)[C@H](C)N(C)Cc1cc(C)c(OC)c(C)c1. The van der Waals surface area contributed by atoms with Crippen LogP contribution in [0.15, 0.2) is 12.1 Å². The third-order valence-corrected chi connectivity index (χ3v) is 3.66. The van der Waals surface area contributed by atoms with Gasteiger partial charge in [0.1, 0.15) is 5.75 Å². The number of imide groups is 1. The van der Waals surface area contributed by atoms with E-state index in [0.717, 1.165) is 22.4 Å².